The number of allylic oxidation sites excluding steroid dienone is 1. The molecule has 1 aromatic heterocycles. The summed E-state index contributed by atoms with van der Waals surface area (Å²) in [6.45, 7) is 3.35. The summed E-state index contributed by atoms with van der Waals surface area (Å²) in [6, 6.07) is 1.77. The fraction of sp³-hybridized carbons (Fsp3) is 0.704. The smallest absolute Gasteiger partial charge is 0.334 e. The predicted octanol–water partition coefficient (Wildman–Crippen LogP) is 0.995. The molecule has 38 heavy (non-hydrogen) atoms. The average Bonchev–Trinajstić information content (AvgIpc) is 3.44. The Labute approximate surface area is 220 Å². The molecule has 2 aliphatic heterocycles. The Balaban J connectivity index is 1.54. The van der Waals surface area contributed by atoms with Crippen LogP contribution < -0.4 is 0 Å². The zero-order chi connectivity index (χ0) is 27.4. The molecule has 4 aliphatic rings. The van der Waals surface area contributed by atoms with Crippen LogP contribution in [-0.2, 0) is 28.5 Å². The molecule has 11 heteroatoms. The van der Waals surface area contributed by atoms with Crippen LogP contribution in [0.25, 0.3) is 0 Å². The van der Waals surface area contributed by atoms with Gasteiger partial charge < -0.3 is 43.8 Å². The molecular weight excluding hydrogens is 500 g/mol. The second-order valence-corrected chi connectivity index (χ2v) is 11.3. The summed E-state index contributed by atoms with van der Waals surface area (Å²) in [4.78, 5) is 26.5. The Morgan fingerprint density at radius 2 is 1.95 bits per heavy atom. The van der Waals surface area contributed by atoms with Gasteiger partial charge in [0.15, 0.2) is 6.29 Å². The van der Waals surface area contributed by atoms with Crippen LogP contribution in [0.3, 0.4) is 0 Å². The highest BCUT2D eigenvalue weighted by atomic mass is 16.7. The molecule has 11 nitrogen and oxygen atoms in total. The fourth-order valence-electron chi connectivity index (χ4n) is 7.39. The van der Waals surface area contributed by atoms with Crippen LogP contribution in [0.4, 0.5) is 0 Å². The van der Waals surface area contributed by atoms with Crippen molar-refractivity contribution in [3.8, 4) is 0 Å². The Morgan fingerprint density at radius 1 is 1.18 bits per heavy atom. The van der Waals surface area contributed by atoms with Crippen LogP contribution in [-0.4, -0.2) is 82.9 Å². The molecule has 2 aliphatic carbocycles. The molecule has 0 amide bonds. The number of methoxy groups -OCH3 is 1. The van der Waals surface area contributed by atoms with E-state index in [4.69, 9.17) is 23.4 Å². The molecular formula is C27H36O11. The van der Waals surface area contributed by atoms with Crippen LogP contribution in [0.15, 0.2) is 34.7 Å². The standard InChI is InChI=1S/C27H36O11/c1-26-10-16(13-7-8-35-12-13)36-24(33)15(26)9-19(27(2)14(23(32)34-3)5-4-6-18(26)27)38-25-22(31)21(30)20(29)17(11-28)37-25/h5,7-8,12,15-22,25,28-31H,4,6,9-11H2,1-3H3/t15-,16+,17+,18-,19+,20+,21-,22+,25-,26+,27-/m0/s1. The van der Waals surface area contributed by atoms with Gasteiger partial charge in [-0.1, -0.05) is 19.9 Å². The molecule has 0 spiro atoms. The monoisotopic (exact) mass is 536 g/mol. The van der Waals surface area contributed by atoms with Gasteiger partial charge in [-0.15, -0.1) is 0 Å². The molecule has 3 heterocycles. The van der Waals surface area contributed by atoms with Crippen molar-refractivity contribution in [3.63, 3.8) is 0 Å². The van der Waals surface area contributed by atoms with Crippen LogP contribution in [0.5, 0.6) is 0 Å². The zero-order valence-electron chi connectivity index (χ0n) is 21.7. The lowest BCUT2D eigenvalue weighted by Gasteiger charge is -2.62. The van der Waals surface area contributed by atoms with E-state index in [0.29, 0.717) is 24.8 Å². The minimum Gasteiger partial charge on any atom is -0.472 e. The number of carbonyl (C=O) groups excluding carboxylic acids is 2. The Morgan fingerprint density at radius 3 is 2.61 bits per heavy atom. The van der Waals surface area contributed by atoms with Gasteiger partial charge in [0.1, 0.15) is 30.5 Å². The number of hydrogen-bond donors (Lipinski definition) is 4. The molecule has 210 valence electrons. The van der Waals surface area contributed by atoms with Gasteiger partial charge in [-0.2, -0.15) is 0 Å². The minimum atomic E-state index is -1.62. The molecule has 11 atom stereocenters. The number of furan rings is 1. The molecule has 5 rings (SSSR count). The summed E-state index contributed by atoms with van der Waals surface area (Å²) in [7, 11) is 1.31. The molecule has 2 saturated heterocycles. The number of carbonyl (C=O) groups is 2. The molecule has 4 N–H and O–H groups in total. The van der Waals surface area contributed by atoms with Crippen LogP contribution in [0, 0.1) is 22.7 Å². The SMILES string of the molecule is COC(=O)C1=CCC[C@H]2[C@]3(C)C[C@H](c4ccoc4)OC(=O)[C@@H]3C[C@@H](O[C@@H]3O[C@H](CO)[C@@H](O)[C@H](O)[C@H]3O)[C@@]12C. The Bertz CT molecular complexity index is 1070. The van der Waals surface area contributed by atoms with E-state index in [1.807, 2.05) is 13.0 Å². The van der Waals surface area contributed by atoms with E-state index in [1.165, 1.54) is 13.4 Å². The maximum Gasteiger partial charge on any atom is 0.334 e. The largest absolute Gasteiger partial charge is 0.472 e. The summed E-state index contributed by atoms with van der Waals surface area (Å²) in [5.41, 5.74) is -0.341. The lowest BCUT2D eigenvalue weighted by molar-refractivity contribution is -0.329. The molecule has 0 aromatic carbocycles. The summed E-state index contributed by atoms with van der Waals surface area (Å²) >= 11 is 0. The highest BCUT2D eigenvalue weighted by Crippen LogP contribution is 2.65. The molecule has 0 unspecified atom stereocenters. The van der Waals surface area contributed by atoms with Crippen molar-refractivity contribution in [2.75, 3.05) is 13.7 Å². The molecule has 3 fully saturated rings. The molecule has 0 radical (unpaired) electrons. The normalized spacial score (nSPS) is 44.9. The topological polar surface area (TPSA) is 165 Å². The van der Waals surface area contributed by atoms with E-state index in [2.05, 4.69) is 6.92 Å². The van der Waals surface area contributed by atoms with Gasteiger partial charge in [0.2, 0.25) is 0 Å². The molecule has 1 aromatic rings. The lowest BCUT2D eigenvalue weighted by Crippen LogP contribution is -2.65. The highest BCUT2D eigenvalue weighted by molar-refractivity contribution is 5.90. The number of fused-ring (bicyclic) bond motifs is 3. The highest BCUT2D eigenvalue weighted by Gasteiger charge is 2.66. The average molecular weight is 537 g/mol. The first-order valence-electron chi connectivity index (χ1n) is 13.0. The number of aliphatic hydroxyl groups excluding tert-OH is 4. The second kappa shape index (κ2) is 10.0. The first-order chi connectivity index (χ1) is 18.1. The van der Waals surface area contributed by atoms with Crippen molar-refractivity contribution < 1.29 is 53.4 Å². The van der Waals surface area contributed by atoms with Crippen molar-refractivity contribution in [3.05, 3.63) is 35.8 Å². The van der Waals surface area contributed by atoms with E-state index < -0.39 is 72.2 Å². The maximum atomic E-state index is 13.5. The van der Waals surface area contributed by atoms with Crippen molar-refractivity contribution >= 4 is 11.9 Å². The van der Waals surface area contributed by atoms with E-state index in [0.717, 1.165) is 5.56 Å². The minimum absolute atomic E-state index is 0.157. The lowest BCUT2D eigenvalue weighted by atomic mass is 9.44. The van der Waals surface area contributed by atoms with Crippen LogP contribution >= 0.6 is 0 Å². The summed E-state index contributed by atoms with van der Waals surface area (Å²) < 4.78 is 28.2. The van der Waals surface area contributed by atoms with Gasteiger partial charge >= 0.3 is 11.9 Å². The van der Waals surface area contributed by atoms with Crippen molar-refractivity contribution in [2.45, 2.75) is 82.4 Å². The van der Waals surface area contributed by atoms with Gasteiger partial charge in [-0.25, -0.2) is 4.79 Å². The predicted molar refractivity (Wildman–Crippen MR) is 128 cm³/mol. The quantitative estimate of drug-likeness (QED) is 0.397. The number of cyclic esters (lactones) is 1. The Kier molecular flexibility index (Phi) is 7.21. The number of hydrogen-bond acceptors (Lipinski definition) is 11. The van der Waals surface area contributed by atoms with Gasteiger partial charge in [-0.3, -0.25) is 4.79 Å². The first-order valence-corrected chi connectivity index (χ1v) is 13.0. The number of aliphatic hydroxyl groups is 4. The van der Waals surface area contributed by atoms with Crippen LogP contribution in [0.1, 0.15) is 51.2 Å². The second-order valence-electron chi connectivity index (χ2n) is 11.3. The van der Waals surface area contributed by atoms with Gasteiger partial charge in [-0.05, 0) is 43.1 Å². The van der Waals surface area contributed by atoms with Crippen LogP contribution in [0.2, 0.25) is 0 Å². The van der Waals surface area contributed by atoms with E-state index >= 15 is 0 Å². The van der Waals surface area contributed by atoms with Gasteiger partial charge in [0.05, 0.1) is 38.3 Å². The third-order valence-corrected chi connectivity index (χ3v) is 9.45. The Hall–Kier alpha value is -2.28. The number of rotatable bonds is 5. The molecule has 0 bridgehead atoms. The van der Waals surface area contributed by atoms with E-state index in [9.17, 15) is 30.0 Å². The fourth-order valence-corrected chi connectivity index (χ4v) is 7.39. The van der Waals surface area contributed by atoms with E-state index in [-0.39, 0.29) is 18.3 Å². The van der Waals surface area contributed by atoms with Crippen molar-refractivity contribution in [1.82, 2.24) is 0 Å². The summed E-state index contributed by atoms with van der Waals surface area (Å²) in [5.74, 6) is -1.68. The third kappa shape index (κ3) is 4.11. The number of ether oxygens (including phenoxy) is 4. The van der Waals surface area contributed by atoms with Crippen molar-refractivity contribution in [2.24, 2.45) is 22.7 Å². The third-order valence-electron chi connectivity index (χ3n) is 9.45. The van der Waals surface area contributed by atoms with E-state index in [1.54, 1.807) is 12.3 Å². The van der Waals surface area contributed by atoms with Gasteiger partial charge in [0.25, 0.3) is 0 Å². The zero-order valence-corrected chi connectivity index (χ0v) is 21.7. The number of esters is 2. The summed E-state index contributed by atoms with van der Waals surface area (Å²) in [5, 5.41) is 40.8. The summed E-state index contributed by atoms with van der Waals surface area (Å²) in [6.07, 6.45) is -1.81. The molecule has 1 saturated carbocycles. The first kappa shape index (κ1) is 27.3. The van der Waals surface area contributed by atoms with Gasteiger partial charge in [0, 0.05) is 16.6 Å². The van der Waals surface area contributed by atoms with Crippen molar-refractivity contribution in [1.29, 1.82) is 0 Å². The maximum absolute atomic E-state index is 13.5.